The third kappa shape index (κ3) is 3.41. The van der Waals surface area contributed by atoms with Gasteiger partial charge in [-0.1, -0.05) is 6.04 Å². The van der Waals surface area contributed by atoms with Gasteiger partial charge in [-0.05, 0) is 75.4 Å². The fraction of sp³-hybridized carbons (Fsp3) is 0.250. The highest BCUT2D eigenvalue weighted by Crippen LogP contribution is 2.15. The highest BCUT2D eigenvalue weighted by atomic mass is 127. The third-order valence-corrected chi connectivity index (χ3v) is 2.83. The van der Waals surface area contributed by atoms with Crippen molar-refractivity contribution in [1.82, 2.24) is 0 Å². The van der Waals surface area contributed by atoms with Crippen LogP contribution in [0.15, 0.2) is 18.2 Å². The van der Waals surface area contributed by atoms with Crippen molar-refractivity contribution in [2.24, 2.45) is 0 Å². The highest BCUT2D eigenvalue weighted by Gasteiger charge is 1.95. The number of rotatable bonds is 2. The van der Waals surface area contributed by atoms with Gasteiger partial charge >= 0.3 is 0 Å². The second-order valence-corrected chi connectivity index (χ2v) is 5.27. The molecule has 0 N–H and O–H groups in total. The first-order valence-corrected chi connectivity index (χ1v) is 6.18. The van der Waals surface area contributed by atoms with Gasteiger partial charge in [-0.2, -0.15) is 0 Å². The van der Waals surface area contributed by atoms with E-state index in [1.54, 1.807) is 0 Å². The summed E-state index contributed by atoms with van der Waals surface area (Å²) in [5, 5.41) is 0. The zero-order valence-corrected chi connectivity index (χ0v) is 11.2. The number of aryl methyl sites for hydroxylation is 1. The molecule has 0 aliphatic heterocycles. The molecule has 1 aromatic rings. The number of halogens is 2. The lowest BCUT2D eigenvalue weighted by Gasteiger charge is -2.00. The fourth-order valence-electron chi connectivity index (χ4n) is 0.900. The van der Waals surface area contributed by atoms with Crippen LogP contribution in [0.25, 0.3) is 0 Å². The lowest BCUT2D eigenvalue weighted by molar-refractivity contribution is 1.13. The molecular weight excluding hydrogens is 378 g/mol. The van der Waals surface area contributed by atoms with Gasteiger partial charge in [-0.15, -0.1) is 0 Å². The molecular formula is C8H7I2Si. The van der Waals surface area contributed by atoms with Gasteiger partial charge in [-0.25, -0.2) is 0 Å². The van der Waals surface area contributed by atoms with Gasteiger partial charge in [0.15, 0.2) is 0 Å². The maximum Gasteiger partial charge on any atom is 0.0225 e. The second-order valence-electron chi connectivity index (χ2n) is 2.28. The molecule has 0 amide bonds. The van der Waals surface area contributed by atoms with Crippen LogP contribution >= 0.6 is 45.2 Å². The Hall–Kier alpha value is 0.897. The predicted molar refractivity (Wildman–Crippen MR) is 66.1 cm³/mol. The van der Waals surface area contributed by atoms with Crippen molar-refractivity contribution in [3.8, 4) is 0 Å². The van der Waals surface area contributed by atoms with E-state index in [0.29, 0.717) is 0 Å². The lowest BCUT2D eigenvalue weighted by atomic mass is 10.2. The van der Waals surface area contributed by atoms with Crippen molar-refractivity contribution < 1.29 is 0 Å². The van der Waals surface area contributed by atoms with Crippen molar-refractivity contribution >= 4 is 55.4 Å². The molecule has 57 valence electrons. The second kappa shape index (κ2) is 4.81. The topological polar surface area (TPSA) is 0 Å². The van der Waals surface area contributed by atoms with Crippen molar-refractivity contribution in [2.45, 2.75) is 12.5 Å². The summed E-state index contributed by atoms with van der Waals surface area (Å²) in [5.41, 5.74) is 1.41. The molecule has 0 aliphatic rings. The van der Waals surface area contributed by atoms with Gasteiger partial charge in [0.05, 0.1) is 0 Å². The minimum atomic E-state index is 1.04. The van der Waals surface area contributed by atoms with Crippen LogP contribution in [0.3, 0.4) is 0 Å². The molecule has 0 saturated carbocycles. The normalized spacial score (nSPS) is 10.1. The van der Waals surface area contributed by atoms with Crippen LogP contribution in [0.4, 0.5) is 0 Å². The van der Waals surface area contributed by atoms with Gasteiger partial charge in [0, 0.05) is 17.4 Å². The molecule has 0 spiro atoms. The zero-order chi connectivity index (χ0) is 8.27. The van der Waals surface area contributed by atoms with Crippen LogP contribution in [0.2, 0.25) is 6.04 Å². The van der Waals surface area contributed by atoms with Gasteiger partial charge < -0.3 is 0 Å². The van der Waals surface area contributed by atoms with E-state index in [2.05, 4.69) is 73.6 Å². The fourth-order valence-corrected chi connectivity index (χ4v) is 3.26. The molecule has 0 aromatic heterocycles. The number of benzene rings is 1. The van der Waals surface area contributed by atoms with Crippen LogP contribution in [-0.2, 0) is 6.42 Å². The average Bonchev–Trinajstić information content (AvgIpc) is 1.85. The summed E-state index contributed by atoms with van der Waals surface area (Å²) in [6.45, 7) is 0. The maximum absolute atomic E-state index is 3.48. The summed E-state index contributed by atoms with van der Waals surface area (Å²) in [7, 11) is 3.48. The quantitative estimate of drug-likeness (QED) is 0.543. The van der Waals surface area contributed by atoms with Gasteiger partial charge in [0.1, 0.15) is 0 Å². The molecule has 1 rings (SSSR count). The molecule has 0 bridgehead atoms. The Morgan fingerprint density at radius 3 is 2.09 bits per heavy atom. The van der Waals surface area contributed by atoms with Crippen molar-refractivity contribution in [3.63, 3.8) is 0 Å². The molecule has 1 aromatic carbocycles. The minimum absolute atomic E-state index is 1.04. The van der Waals surface area contributed by atoms with Crippen molar-refractivity contribution in [3.05, 3.63) is 30.9 Å². The summed E-state index contributed by atoms with van der Waals surface area (Å²) in [6.07, 6.45) is 1.11. The summed E-state index contributed by atoms with van der Waals surface area (Å²) < 4.78 is 2.65. The third-order valence-electron chi connectivity index (χ3n) is 1.34. The van der Waals surface area contributed by atoms with Gasteiger partial charge in [0.2, 0.25) is 0 Å². The van der Waals surface area contributed by atoms with E-state index in [-0.39, 0.29) is 0 Å². The number of hydrogen-bond acceptors (Lipinski definition) is 0. The molecule has 3 radical (unpaired) electrons. The molecule has 0 aliphatic carbocycles. The Bertz CT molecular complexity index is 228. The molecule has 11 heavy (non-hydrogen) atoms. The average molecular weight is 385 g/mol. The largest absolute Gasteiger partial charge is 0.0597 e. The van der Waals surface area contributed by atoms with Crippen molar-refractivity contribution in [2.75, 3.05) is 0 Å². The summed E-state index contributed by atoms with van der Waals surface area (Å²) in [6, 6.07) is 7.67. The summed E-state index contributed by atoms with van der Waals surface area (Å²) in [4.78, 5) is 0. The molecule has 3 heteroatoms. The molecule has 0 saturated heterocycles. The van der Waals surface area contributed by atoms with E-state index < -0.39 is 0 Å². The first kappa shape index (κ1) is 9.98. The van der Waals surface area contributed by atoms with Crippen LogP contribution in [-0.4, -0.2) is 10.2 Å². The number of hydrogen-bond donors (Lipinski definition) is 0. The first-order chi connectivity index (χ1) is 5.22. The molecule has 0 nitrogen and oxygen atoms in total. The SMILES string of the molecule is [Si]CCc1cc(I)cc(I)c1. The Balaban J connectivity index is 2.89. The molecule has 0 unspecified atom stereocenters. The molecule has 0 fully saturated rings. The predicted octanol–water partition coefficient (Wildman–Crippen LogP) is 3.03. The van der Waals surface area contributed by atoms with E-state index in [1.807, 2.05) is 0 Å². The van der Waals surface area contributed by atoms with E-state index in [1.165, 1.54) is 12.7 Å². The van der Waals surface area contributed by atoms with Crippen LogP contribution in [0.5, 0.6) is 0 Å². The van der Waals surface area contributed by atoms with E-state index in [0.717, 1.165) is 12.5 Å². The standard InChI is InChI=1S/C8H7I2Si/c9-7-3-6(1-2-11)4-8(10)5-7/h3-5H,1-2H2. The Labute approximate surface area is 97.9 Å². The van der Waals surface area contributed by atoms with Crippen LogP contribution in [0, 0.1) is 7.14 Å². The maximum atomic E-state index is 3.48. The van der Waals surface area contributed by atoms with Gasteiger partial charge in [-0.3, -0.25) is 0 Å². The Morgan fingerprint density at radius 2 is 1.64 bits per heavy atom. The van der Waals surface area contributed by atoms with E-state index in [9.17, 15) is 0 Å². The highest BCUT2D eigenvalue weighted by molar-refractivity contribution is 14.1. The summed E-state index contributed by atoms with van der Waals surface area (Å²) >= 11 is 4.70. The summed E-state index contributed by atoms with van der Waals surface area (Å²) in [5.74, 6) is 0. The van der Waals surface area contributed by atoms with Crippen LogP contribution in [0.1, 0.15) is 5.56 Å². The molecule has 0 heterocycles. The first-order valence-electron chi connectivity index (χ1n) is 3.32. The Morgan fingerprint density at radius 1 is 1.09 bits per heavy atom. The zero-order valence-electron chi connectivity index (χ0n) is 5.90. The minimum Gasteiger partial charge on any atom is -0.0597 e. The smallest absolute Gasteiger partial charge is 0.0225 e. The molecule has 0 atom stereocenters. The lowest BCUT2D eigenvalue weighted by Crippen LogP contribution is -1.86. The monoisotopic (exact) mass is 385 g/mol. The van der Waals surface area contributed by atoms with Crippen LogP contribution < -0.4 is 0 Å². The van der Waals surface area contributed by atoms with E-state index in [4.69, 9.17) is 0 Å². The van der Waals surface area contributed by atoms with Crippen molar-refractivity contribution in [1.29, 1.82) is 0 Å². The Kier molecular flexibility index (Phi) is 4.36. The van der Waals surface area contributed by atoms with Gasteiger partial charge in [0.25, 0.3) is 0 Å². The van der Waals surface area contributed by atoms with E-state index >= 15 is 0 Å².